The predicted molar refractivity (Wildman–Crippen MR) is 73.2 cm³/mol. The van der Waals surface area contributed by atoms with Gasteiger partial charge in [-0.25, -0.2) is 0 Å². The lowest BCUT2D eigenvalue weighted by Gasteiger charge is -2.21. The van der Waals surface area contributed by atoms with Crippen LogP contribution in [0.25, 0.3) is 0 Å². The number of fused-ring (bicyclic) bond motifs is 1. The highest BCUT2D eigenvalue weighted by Crippen LogP contribution is 2.31. The summed E-state index contributed by atoms with van der Waals surface area (Å²) in [5, 5.41) is 0.614. The van der Waals surface area contributed by atoms with E-state index in [9.17, 15) is 9.59 Å². The van der Waals surface area contributed by atoms with Crippen LogP contribution >= 0.6 is 11.6 Å². The average Bonchev–Trinajstić information content (AvgIpc) is 2.98. The predicted octanol–water partition coefficient (Wildman–Crippen LogP) is 1.63. The van der Waals surface area contributed by atoms with Crippen molar-refractivity contribution in [2.24, 2.45) is 0 Å². The largest absolute Gasteiger partial charge is 0.334 e. The lowest BCUT2D eigenvalue weighted by molar-refractivity contribution is -0.130. The molecule has 0 radical (unpaired) electrons. The van der Waals surface area contributed by atoms with Crippen LogP contribution in [0.1, 0.15) is 5.56 Å². The molecule has 1 aromatic carbocycles. The maximum absolute atomic E-state index is 12.1. The Labute approximate surface area is 116 Å². The number of carbonyl (C=O) groups is 2. The number of hydrogen-bond acceptors (Lipinski definition) is 2. The number of hydrogen-bond donors (Lipinski definition) is 0. The summed E-state index contributed by atoms with van der Waals surface area (Å²) in [4.78, 5) is 27.4. The first-order valence-corrected chi connectivity index (χ1v) is 6.54. The molecule has 0 aromatic heterocycles. The minimum absolute atomic E-state index is 0.0267. The van der Waals surface area contributed by atoms with Gasteiger partial charge in [0, 0.05) is 23.8 Å². The van der Waals surface area contributed by atoms with Crippen molar-refractivity contribution in [3.63, 3.8) is 0 Å². The zero-order valence-electron chi connectivity index (χ0n) is 10.3. The van der Waals surface area contributed by atoms with Gasteiger partial charge in [-0.3, -0.25) is 9.59 Å². The minimum Gasteiger partial charge on any atom is -0.334 e. The molecule has 0 atom stereocenters. The lowest BCUT2D eigenvalue weighted by atomic mass is 10.2. The standard InChI is InChI=1S/C14H13ClN2O2/c15-11-3-4-12-10(7-11)8-13(18)17(12)9-14(19)16-5-1-2-6-16/h1-4,7H,5-6,8-9H2. The second-order valence-electron chi connectivity index (χ2n) is 4.70. The molecule has 98 valence electrons. The highest BCUT2D eigenvalue weighted by Gasteiger charge is 2.30. The molecule has 0 saturated heterocycles. The van der Waals surface area contributed by atoms with E-state index < -0.39 is 0 Å². The molecule has 0 unspecified atom stereocenters. The number of rotatable bonds is 2. The summed E-state index contributed by atoms with van der Waals surface area (Å²) in [5.41, 5.74) is 1.69. The number of anilines is 1. The van der Waals surface area contributed by atoms with Gasteiger partial charge >= 0.3 is 0 Å². The third-order valence-corrected chi connectivity index (χ3v) is 3.67. The zero-order chi connectivity index (χ0) is 13.4. The van der Waals surface area contributed by atoms with Crippen molar-refractivity contribution in [1.29, 1.82) is 0 Å². The number of carbonyl (C=O) groups excluding carboxylic acids is 2. The second kappa shape index (κ2) is 4.70. The van der Waals surface area contributed by atoms with Crippen LogP contribution in [0.3, 0.4) is 0 Å². The van der Waals surface area contributed by atoms with Crippen LogP contribution in [0.4, 0.5) is 5.69 Å². The molecule has 0 aliphatic carbocycles. The molecule has 5 heteroatoms. The lowest BCUT2D eigenvalue weighted by Crippen LogP contribution is -2.40. The van der Waals surface area contributed by atoms with Crippen LogP contribution in [0.5, 0.6) is 0 Å². The fraction of sp³-hybridized carbons (Fsp3) is 0.286. The molecular formula is C14H13ClN2O2. The van der Waals surface area contributed by atoms with Crippen molar-refractivity contribution < 1.29 is 9.59 Å². The van der Waals surface area contributed by atoms with E-state index in [2.05, 4.69) is 0 Å². The normalized spacial score (nSPS) is 17.2. The molecule has 2 aliphatic rings. The van der Waals surface area contributed by atoms with E-state index in [1.54, 1.807) is 28.0 Å². The quantitative estimate of drug-likeness (QED) is 0.771. The highest BCUT2D eigenvalue weighted by molar-refractivity contribution is 6.31. The Morgan fingerprint density at radius 2 is 2.00 bits per heavy atom. The van der Waals surface area contributed by atoms with E-state index in [4.69, 9.17) is 11.6 Å². The Hall–Kier alpha value is -1.81. The molecule has 0 spiro atoms. The Morgan fingerprint density at radius 1 is 1.26 bits per heavy atom. The van der Waals surface area contributed by atoms with Gasteiger partial charge in [-0.1, -0.05) is 23.8 Å². The highest BCUT2D eigenvalue weighted by atomic mass is 35.5. The van der Waals surface area contributed by atoms with E-state index in [1.807, 2.05) is 12.2 Å². The van der Waals surface area contributed by atoms with Crippen molar-refractivity contribution in [1.82, 2.24) is 4.90 Å². The van der Waals surface area contributed by atoms with Gasteiger partial charge in [-0.05, 0) is 23.8 Å². The number of benzene rings is 1. The van der Waals surface area contributed by atoms with Gasteiger partial charge in [0.1, 0.15) is 6.54 Å². The van der Waals surface area contributed by atoms with Crippen molar-refractivity contribution in [2.45, 2.75) is 6.42 Å². The summed E-state index contributed by atoms with van der Waals surface area (Å²) < 4.78 is 0. The summed E-state index contributed by atoms with van der Waals surface area (Å²) >= 11 is 5.91. The molecule has 19 heavy (non-hydrogen) atoms. The van der Waals surface area contributed by atoms with E-state index in [1.165, 1.54) is 0 Å². The van der Waals surface area contributed by atoms with Gasteiger partial charge in [0.25, 0.3) is 0 Å². The SMILES string of the molecule is O=C(CN1C(=O)Cc2cc(Cl)ccc21)N1CC=CC1. The molecule has 1 aromatic rings. The van der Waals surface area contributed by atoms with Gasteiger partial charge in [0.15, 0.2) is 0 Å². The second-order valence-corrected chi connectivity index (χ2v) is 5.14. The number of amides is 2. The Kier molecular flexibility index (Phi) is 3.03. The van der Waals surface area contributed by atoms with Crippen LogP contribution in [-0.2, 0) is 16.0 Å². The van der Waals surface area contributed by atoms with E-state index in [0.717, 1.165) is 11.3 Å². The third kappa shape index (κ3) is 2.24. The molecule has 0 bridgehead atoms. The van der Waals surface area contributed by atoms with Gasteiger partial charge in [-0.2, -0.15) is 0 Å². The summed E-state index contributed by atoms with van der Waals surface area (Å²) in [6.45, 7) is 1.37. The van der Waals surface area contributed by atoms with Crippen molar-refractivity contribution in [3.05, 3.63) is 40.9 Å². The molecule has 0 fully saturated rings. The van der Waals surface area contributed by atoms with Crippen LogP contribution in [0.2, 0.25) is 5.02 Å². The van der Waals surface area contributed by atoms with Crippen LogP contribution in [0.15, 0.2) is 30.4 Å². The van der Waals surface area contributed by atoms with E-state index in [0.29, 0.717) is 24.5 Å². The van der Waals surface area contributed by atoms with Crippen LogP contribution < -0.4 is 4.90 Å². The van der Waals surface area contributed by atoms with Crippen molar-refractivity contribution >= 4 is 29.1 Å². The smallest absolute Gasteiger partial charge is 0.243 e. The molecule has 0 N–H and O–H groups in total. The molecule has 2 aliphatic heterocycles. The van der Waals surface area contributed by atoms with Crippen molar-refractivity contribution in [2.75, 3.05) is 24.5 Å². The Balaban J connectivity index is 1.78. The number of nitrogens with zero attached hydrogens (tertiary/aromatic N) is 2. The summed E-state index contributed by atoms with van der Waals surface area (Å²) in [6, 6.07) is 5.34. The van der Waals surface area contributed by atoms with Gasteiger partial charge < -0.3 is 9.80 Å². The first-order chi connectivity index (χ1) is 9.15. The number of halogens is 1. The fourth-order valence-corrected chi connectivity index (χ4v) is 2.64. The molecular weight excluding hydrogens is 264 g/mol. The Bertz CT molecular complexity index is 575. The van der Waals surface area contributed by atoms with E-state index in [-0.39, 0.29) is 18.4 Å². The fourth-order valence-electron chi connectivity index (χ4n) is 2.44. The van der Waals surface area contributed by atoms with Gasteiger partial charge in [0.05, 0.1) is 6.42 Å². The zero-order valence-corrected chi connectivity index (χ0v) is 11.1. The average molecular weight is 277 g/mol. The maximum atomic E-state index is 12.1. The first kappa shape index (κ1) is 12.2. The van der Waals surface area contributed by atoms with Crippen LogP contribution in [-0.4, -0.2) is 36.3 Å². The first-order valence-electron chi connectivity index (χ1n) is 6.17. The third-order valence-electron chi connectivity index (χ3n) is 3.44. The van der Waals surface area contributed by atoms with Gasteiger partial charge in [0.2, 0.25) is 11.8 Å². The minimum atomic E-state index is -0.0437. The summed E-state index contributed by atoms with van der Waals surface area (Å²) in [7, 11) is 0. The van der Waals surface area contributed by atoms with Crippen molar-refractivity contribution in [3.8, 4) is 0 Å². The molecule has 2 heterocycles. The summed E-state index contributed by atoms with van der Waals surface area (Å²) in [5.74, 6) is -0.0704. The van der Waals surface area contributed by atoms with E-state index >= 15 is 0 Å². The molecule has 2 amide bonds. The summed E-state index contributed by atoms with van der Waals surface area (Å²) in [6.07, 6.45) is 4.23. The monoisotopic (exact) mass is 276 g/mol. The van der Waals surface area contributed by atoms with Crippen LogP contribution in [0, 0.1) is 0 Å². The Morgan fingerprint density at radius 3 is 2.74 bits per heavy atom. The molecule has 3 rings (SSSR count). The topological polar surface area (TPSA) is 40.6 Å². The maximum Gasteiger partial charge on any atom is 0.243 e. The van der Waals surface area contributed by atoms with Gasteiger partial charge in [-0.15, -0.1) is 0 Å². The molecule has 4 nitrogen and oxygen atoms in total. The molecule has 0 saturated carbocycles.